The fourth-order valence-corrected chi connectivity index (χ4v) is 2.06. The summed E-state index contributed by atoms with van der Waals surface area (Å²) >= 11 is 0. The summed E-state index contributed by atoms with van der Waals surface area (Å²) < 4.78 is 14.0. The molecule has 0 saturated carbocycles. The second kappa shape index (κ2) is 8.40. The molecule has 21 heavy (non-hydrogen) atoms. The first-order valence-electron chi connectivity index (χ1n) is 6.85. The van der Waals surface area contributed by atoms with Crippen molar-refractivity contribution in [3.8, 4) is 11.8 Å². The highest BCUT2D eigenvalue weighted by Crippen LogP contribution is 2.13. The highest BCUT2D eigenvalue weighted by Gasteiger charge is 2.14. The van der Waals surface area contributed by atoms with Crippen LogP contribution in [-0.4, -0.2) is 38.0 Å². The lowest BCUT2D eigenvalue weighted by Gasteiger charge is -2.20. The maximum Gasteiger partial charge on any atom is 0.223 e. The predicted octanol–water partition coefficient (Wildman–Crippen LogP) is 0.950. The van der Waals surface area contributed by atoms with Crippen LogP contribution in [0, 0.1) is 23.6 Å². The van der Waals surface area contributed by atoms with Crippen LogP contribution in [0.1, 0.15) is 18.1 Å². The molecule has 1 rings (SSSR count). The third kappa shape index (κ3) is 5.54. The summed E-state index contributed by atoms with van der Waals surface area (Å²) in [7, 11) is 3.47. The van der Waals surface area contributed by atoms with E-state index in [4.69, 9.17) is 5.73 Å². The molecule has 0 fully saturated rings. The highest BCUT2D eigenvalue weighted by atomic mass is 19.1. The first-order chi connectivity index (χ1) is 9.97. The Hall–Kier alpha value is -1.90. The van der Waals surface area contributed by atoms with E-state index in [0.717, 1.165) is 0 Å². The monoisotopic (exact) mass is 291 g/mol. The summed E-state index contributed by atoms with van der Waals surface area (Å²) in [4.78, 5) is 13.4. The number of nitrogens with zero attached hydrogens (tertiary/aromatic N) is 1. The molecule has 0 aliphatic heterocycles. The normalized spacial score (nSPS) is 11.7. The minimum absolute atomic E-state index is 0.0188. The smallest absolute Gasteiger partial charge is 0.223 e. The van der Waals surface area contributed by atoms with Gasteiger partial charge in [-0.3, -0.25) is 4.79 Å². The van der Waals surface area contributed by atoms with Crippen LogP contribution in [0.25, 0.3) is 0 Å². The molecule has 0 radical (unpaired) electrons. The van der Waals surface area contributed by atoms with Crippen molar-refractivity contribution in [2.75, 3.05) is 27.2 Å². The standard InChI is InChI=1S/C16H22FN3O/c1-12(16(21)19-2)10-20(3)11-14-7-6-13(5-4-8-18)9-15(14)17/h6-7,9,12H,8,10-11,18H2,1-3H3,(H,19,21). The SMILES string of the molecule is CNC(=O)C(C)CN(C)Cc1ccc(C#CCN)cc1F. The van der Waals surface area contributed by atoms with E-state index in [-0.39, 0.29) is 24.2 Å². The van der Waals surface area contributed by atoms with E-state index in [2.05, 4.69) is 17.2 Å². The summed E-state index contributed by atoms with van der Waals surface area (Å²) in [5.41, 5.74) is 6.48. The number of halogens is 1. The Morgan fingerprint density at radius 3 is 2.81 bits per heavy atom. The second-order valence-electron chi connectivity index (χ2n) is 5.02. The van der Waals surface area contributed by atoms with Gasteiger partial charge in [-0.05, 0) is 19.2 Å². The Balaban J connectivity index is 2.68. The van der Waals surface area contributed by atoms with Crippen molar-refractivity contribution in [2.45, 2.75) is 13.5 Å². The molecule has 0 aliphatic rings. The molecule has 0 heterocycles. The zero-order valence-corrected chi connectivity index (χ0v) is 12.7. The Labute approximate surface area is 125 Å². The van der Waals surface area contributed by atoms with Gasteiger partial charge in [0.05, 0.1) is 6.54 Å². The van der Waals surface area contributed by atoms with Crippen molar-refractivity contribution in [3.05, 3.63) is 35.1 Å². The van der Waals surface area contributed by atoms with Gasteiger partial charge >= 0.3 is 0 Å². The van der Waals surface area contributed by atoms with Crippen molar-refractivity contribution in [2.24, 2.45) is 11.7 Å². The van der Waals surface area contributed by atoms with Crippen LogP contribution in [0.2, 0.25) is 0 Å². The summed E-state index contributed by atoms with van der Waals surface area (Å²) in [6, 6.07) is 4.90. The Morgan fingerprint density at radius 2 is 2.24 bits per heavy atom. The van der Waals surface area contributed by atoms with Crippen molar-refractivity contribution in [3.63, 3.8) is 0 Å². The van der Waals surface area contributed by atoms with Crippen LogP contribution < -0.4 is 11.1 Å². The Morgan fingerprint density at radius 1 is 1.52 bits per heavy atom. The van der Waals surface area contributed by atoms with Gasteiger partial charge in [-0.25, -0.2) is 4.39 Å². The maximum absolute atomic E-state index is 14.0. The lowest BCUT2D eigenvalue weighted by molar-refractivity contribution is -0.124. The number of nitrogens with two attached hydrogens (primary N) is 1. The van der Waals surface area contributed by atoms with Gasteiger partial charge in [0, 0.05) is 37.2 Å². The molecule has 1 unspecified atom stereocenters. The summed E-state index contributed by atoms with van der Waals surface area (Å²) in [5, 5.41) is 2.61. The van der Waals surface area contributed by atoms with Gasteiger partial charge in [-0.2, -0.15) is 0 Å². The molecule has 0 saturated heterocycles. The van der Waals surface area contributed by atoms with Crippen LogP contribution in [0.15, 0.2) is 18.2 Å². The van der Waals surface area contributed by atoms with E-state index in [1.54, 1.807) is 19.2 Å². The molecule has 4 nitrogen and oxygen atoms in total. The number of hydrogen-bond donors (Lipinski definition) is 2. The molecule has 5 heteroatoms. The van der Waals surface area contributed by atoms with Gasteiger partial charge in [0.25, 0.3) is 0 Å². The van der Waals surface area contributed by atoms with E-state index in [1.165, 1.54) is 6.07 Å². The van der Waals surface area contributed by atoms with Crippen LogP contribution in [0.3, 0.4) is 0 Å². The summed E-state index contributed by atoms with van der Waals surface area (Å²) in [6.45, 7) is 3.10. The van der Waals surface area contributed by atoms with Crippen molar-refractivity contribution >= 4 is 5.91 Å². The third-order valence-corrected chi connectivity index (χ3v) is 3.11. The van der Waals surface area contributed by atoms with Crippen LogP contribution >= 0.6 is 0 Å². The van der Waals surface area contributed by atoms with E-state index >= 15 is 0 Å². The van der Waals surface area contributed by atoms with Crippen LogP contribution in [0.5, 0.6) is 0 Å². The minimum Gasteiger partial charge on any atom is -0.359 e. The van der Waals surface area contributed by atoms with Crippen molar-refractivity contribution in [1.29, 1.82) is 0 Å². The molecular weight excluding hydrogens is 269 g/mol. The summed E-state index contributed by atoms with van der Waals surface area (Å²) in [5.74, 6) is 5.04. The van der Waals surface area contributed by atoms with E-state index < -0.39 is 0 Å². The van der Waals surface area contributed by atoms with Crippen LogP contribution in [0.4, 0.5) is 4.39 Å². The molecule has 0 spiro atoms. The lowest BCUT2D eigenvalue weighted by Crippen LogP contribution is -2.34. The van der Waals surface area contributed by atoms with E-state index in [1.807, 2.05) is 18.9 Å². The second-order valence-corrected chi connectivity index (χ2v) is 5.02. The zero-order valence-electron chi connectivity index (χ0n) is 12.7. The minimum atomic E-state index is -0.293. The van der Waals surface area contributed by atoms with Crippen LogP contribution in [-0.2, 0) is 11.3 Å². The van der Waals surface area contributed by atoms with Gasteiger partial charge in [-0.15, -0.1) is 0 Å². The summed E-state index contributed by atoms with van der Waals surface area (Å²) in [6.07, 6.45) is 0. The average Bonchev–Trinajstić information content (AvgIpc) is 2.46. The van der Waals surface area contributed by atoms with Gasteiger partial charge in [0.15, 0.2) is 0 Å². The molecule has 0 aliphatic carbocycles. The predicted molar refractivity (Wildman–Crippen MR) is 81.9 cm³/mol. The quantitative estimate of drug-likeness (QED) is 0.794. The number of rotatable bonds is 5. The molecular formula is C16H22FN3O. The van der Waals surface area contributed by atoms with Gasteiger partial charge in [0.1, 0.15) is 5.82 Å². The molecule has 3 N–H and O–H groups in total. The van der Waals surface area contributed by atoms with Gasteiger partial charge in [-0.1, -0.05) is 24.8 Å². The number of hydrogen-bond acceptors (Lipinski definition) is 3. The maximum atomic E-state index is 14.0. The van der Waals surface area contributed by atoms with E-state index in [0.29, 0.717) is 24.2 Å². The molecule has 1 aromatic rings. The number of amides is 1. The topological polar surface area (TPSA) is 58.4 Å². The highest BCUT2D eigenvalue weighted by molar-refractivity contribution is 5.78. The number of nitrogens with one attached hydrogen (secondary N) is 1. The first kappa shape index (κ1) is 17.2. The zero-order chi connectivity index (χ0) is 15.8. The van der Waals surface area contributed by atoms with E-state index in [9.17, 15) is 9.18 Å². The molecule has 1 amide bonds. The third-order valence-electron chi connectivity index (χ3n) is 3.11. The average molecular weight is 291 g/mol. The Bertz CT molecular complexity index is 548. The first-order valence-corrected chi connectivity index (χ1v) is 6.85. The Kier molecular flexibility index (Phi) is 6.86. The largest absolute Gasteiger partial charge is 0.359 e. The van der Waals surface area contributed by atoms with Gasteiger partial charge < -0.3 is 16.0 Å². The number of benzene rings is 1. The molecule has 1 atom stereocenters. The molecule has 0 aromatic heterocycles. The van der Waals surface area contributed by atoms with Crippen molar-refractivity contribution in [1.82, 2.24) is 10.2 Å². The fraction of sp³-hybridized carbons (Fsp3) is 0.438. The molecule has 1 aromatic carbocycles. The number of carbonyl (C=O) groups is 1. The van der Waals surface area contributed by atoms with Gasteiger partial charge in [0.2, 0.25) is 5.91 Å². The number of carbonyl (C=O) groups excluding carboxylic acids is 1. The molecule has 0 bridgehead atoms. The van der Waals surface area contributed by atoms with Crippen molar-refractivity contribution < 1.29 is 9.18 Å². The fourth-order valence-electron chi connectivity index (χ4n) is 2.06. The lowest BCUT2D eigenvalue weighted by atomic mass is 10.1. The molecule has 114 valence electrons.